The van der Waals surface area contributed by atoms with Gasteiger partial charge in [0.05, 0.1) is 0 Å². The molecule has 1 radical (unpaired) electrons. The summed E-state index contributed by atoms with van der Waals surface area (Å²) < 4.78 is 0. The molecule has 0 aliphatic heterocycles. The molecule has 0 aromatic heterocycles. The Kier molecular flexibility index (Phi) is 2.48. The molecule has 0 aromatic rings. The van der Waals surface area contributed by atoms with E-state index in [4.69, 9.17) is 0 Å². The zero-order valence-corrected chi connectivity index (χ0v) is 6.36. The molecule has 0 aliphatic rings. The van der Waals surface area contributed by atoms with E-state index >= 15 is 0 Å². The minimum atomic E-state index is 0.264. The van der Waals surface area contributed by atoms with E-state index in [0.29, 0.717) is 0 Å². The van der Waals surface area contributed by atoms with Crippen molar-refractivity contribution in [2.24, 2.45) is 0 Å². The van der Waals surface area contributed by atoms with Crippen molar-refractivity contribution in [3.63, 3.8) is 0 Å². The summed E-state index contributed by atoms with van der Waals surface area (Å²) in [6.07, 6.45) is 0.958. The average Bonchev–Trinajstić information content (AvgIpc) is 1.67. The molecule has 0 saturated heterocycles. The zero-order valence-electron chi connectivity index (χ0n) is 6.36. The Morgan fingerprint density at radius 1 is 1.38 bits per heavy atom. The summed E-state index contributed by atoms with van der Waals surface area (Å²) >= 11 is 0. The van der Waals surface area contributed by atoms with Crippen LogP contribution < -0.4 is 0 Å². The van der Waals surface area contributed by atoms with Crippen LogP contribution in [0.3, 0.4) is 0 Å². The van der Waals surface area contributed by atoms with Crippen LogP contribution in [0.4, 0.5) is 0 Å². The fourth-order valence-electron chi connectivity index (χ4n) is 0.224. The lowest BCUT2D eigenvalue weighted by molar-refractivity contribution is 0.198. The molecular weight excluding hydrogens is 98.1 g/mol. The number of hydrogen-bond acceptors (Lipinski definition) is 1. The maximum atomic E-state index is 3.84. The van der Waals surface area contributed by atoms with Crippen molar-refractivity contribution in [2.75, 3.05) is 14.1 Å². The van der Waals surface area contributed by atoms with Gasteiger partial charge in [0.25, 0.3) is 0 Å². The summed E-state index contributed by atoms with van der Waals surface area (Å²) in [5.74, 6) is 0. The van der Waals surface area contributed by atoms with E-state index in [9.17, 15) is 0 Å². The van der Waals surface area contributed by atoms with Crippen molar-refractivity contribution in [1.29, 1.82) is 0 Å². The van der Waals surface area contributed by atoms with Gasteiger partial charge in [-0.15, -0.1) is 0 Å². The van der Waals surface area contributed by atoms with Gasteiger partial charge in [0.2, 0.25) is 0 Å². The van der Waals surface area contributed by atoms with E-state index in [1.165, 1.54) is 0 Å². The molecule has 1 nitrogen and oxygen atoms in total. The van der Waals surface area contributed by atoms with Crippen molar-refractivity contribution in [2.45, 2.75) is 25.8 Å². The number of nitrogens with zero attached hydrogens (tertiary/aromatic N) is 1. The van der Waals surface area contributed by atoms with Gasteiger partial charge in [-0.25, -0.2) is 0 Å². The van der Waals surface area contributed by atoms with Gasteiger partial charge in [0.15, 0.2) is 0 Å². The van der Waals surface area contributed by atoms with Crippen molar-refractivity contribution in [3.8, 4) is 0 Å². The summed E-state index contributed by atoms with van der Waals surface area (Å²) in [4.78, 5) is 2.18. The topological polar surface area (TPSA) is 3.24 Å². The van der Waals surface area contributed by atoms with Crippen molar-refractivity contribution >= 4 is 0 Å². The third-order valence-electron chi connectivity index (χ3n) is 1.82. The normalized spacial score (nSPS) is 12.8. The van der Waals surface area contributed by atoms with Crippen LogP contribution in [-0.2, 0) is 0 Å². The fourth-order valence-corrected chi connectivity index (χ4v) is 0.224. The van der Waals surface area contributed by atoms with Gasteiger partial charge in [0, 0.05) is 5.54 Å². The van der Waals surface area contributed by atoms with Gasteiger partial charge in [-0.2, -0.15) is 0 Å². The van der Waals surface area contributed by atoms with Crippen LogP contribution in [0.5, 0.6) is 0 Å². The third kappa shape index (κ3) is 1.83. The smallest absolute Gasteiger partial charge is 0.0147 e. The molecule has 0 atom stereocenters. The van der Waals surface area contributed by atoms with E-state index in [1.807, 2.05) is 0 Å². The van der Waals surface area contributed by atoms with Gasteiger partial charge >= 0.3 is 0 Å². The molecular formula is C7H16N. The first-order valence-corrected chi connectivity index (χ1v) is 2.97. The highest BCUT2D eigenvalue weighted by Gasteiger charge is 2.16. The first-order chi connectivity index (χ1) is 3.50. The maximum Gasteiger partial charge on any atom is 0.0147 e. The van der Waals surface area contributed by atoms with Gasteiger partial charge in [-0.1, -0.05) is 6.92 Å². The Balaban J connectivity index is 3.71. The lowest BCUT2D eigenvalue weighted by Crippen LogP contribution is -2.37. The van der Waals surface area contributed by atoms with Crippen LogP contribution in [0.25, 0.3) is 0 Å². The number of hydrogen-bond donors (Lipinski definition) is 0. The first-order valence-electron chi connectivity index (χ1n) is 2.97. The zero-order chi connectivity index (χ0) is 6.78. The van der Waals surface area contributed by atoms with Crippen LogP contribution in [-0.4, -0.2) is 24.5 Å². The molecule has 0 spiro atoms. The van der Waals surface area contributed by atoms with Crippen molar-refractivity contribution in [3.05, 3.63) is 6.92 Å². The molecule has 0 fully saturated rings. The fraction of sp³-hybridized carbons (Fsp3) is 0.857. The summed E-state index contributed by atoms with van der Waals surface area (Å²) in [6, 6.07) is 0. The molecule has 0 aliphatic carbocycles. The highest BCUT2D eigenvalue weighted by Crippen LogP contribution is 2.12. The quantitative estimate of drug-likeness (QED) is 0.526. The Hall–Kier alpha value is -0.0400. The molecule has 0 unspecified atom stereocenters. The second-order valence-electron chi connectivity index (χ2n) is 2.96. The Bertz CT molecular complexity index is 64.8. The van der Waals surface area contributed by atoms with Crippen LogP contribution >= 0.6 is 0 Å². The molecule has 0 saturated carbocycles. The SMILES string of the molecule is [CH2]CC(C)(C)N(C)C. The van der Waals surface area contributed by atoms with Gasteiger partial charge in [0.1, 0.15) is 0 Å². The Morgan fingerprint density at radius 2 is 1.75 bits per heavy atom. The molecule has 0 aromatic carbocycles. The van der Waals surface area contributed by atoms with Crippen molar-refractivity contribution < 1.29 is 0 Å². The lowest BCUT2D eigenvalue weighted by Gasteiger charge is -2.30. The minimum absolute atomic E-state index is 0.264. The molecule has 0 bridgehead atoms. The predicted octanol–water partition coefficient (Wildman–Crippen LogP) is 1.55. The standard InChI is InChI=1S/C7H16N/c1-6-7(2,3)8(4)5/h1,6H2,2-5H3. The van der Waals surface area contributed by atoms with E-state index in [0.717, 1.165) is 6.42 Å². The molecule has 8 heavy (non-hydrogen) atoms. The summed E-state index contributed by atoms with van der Waals surface area (Å²) in [7, 11) is 4.15. The van der Waals surface area contributed by atoms with Crippen LogP contribution in [0, 0.1) is 6.92 Å². The van der Waals surface area contributed by atoms with Crippen LogP contribution in [0.2, 0.25) is 0 Å². The second-order valence-corrected chi connectivity index (χ2v) is 2.96. The van der Waals surface area contributed by atoms with Gasteiger partial charge in [-0.05, 0) is 34.4 Å². The third-order valence-corrected chi connectivity index (χ3v) is 1.82. The molecule has 0 heterocycles. The second kappa shape index (κ2) is 2.49. The van der Waals surface area contributed by atoms with Gasteiger partial charge in [-0.3, -0.25) is 0 Å². The van der Waals surface area contributed by atoms with Gasteiger partial charge < -0.3 is 4.90 Å². The Labute approximate surface area is 52.7 Å². The van der Waals surface area contributed by atoms with E-state index in [2.05, 4.69) is 39.8 Å². The van der Waals surface area contributed by atoms with Crippen molar-refractivity contribution in [1.82, 2.24) is 4.90 Å². The van der Waals surface area contributed by atoms with Crippen LogP contribution in [0.15, 0.2) is 0 Å². The first kappa shape index (κ1) is 7.96. The van der Waals surface area contributed by atoms with Crippen LogP contribution in [0.1, 0.15) is 20.3 Å². The summed E-state index contributed by atoms with van der Waals surface area (Å²) in [6.45, 7) is 8.20. The largest absolute Gasteiger partial charge is 0.304 e. The van der Waals surface area contributed by atoms with E-state index in [-0.39, 0.29) is 5.54 Å². The molecule has 49 valence electrons. The molecule has 0 amide bonds. The molecule has 0 N–H and O–H groups in total. The lowest BCUT2D eigenvalue weighted by atomic mass is 10.0. The minimum Gasteiger partial charge on any atom is -0.304 e. The highest BCUT2D eigenvalue weighted by molar-refractivity contribution is 4.76. The Morgan fingerprint density at radius 3 is 1.75 bits per heavy atom. The van der Waals surface area contributed by atoms with E-state index in [1.54, 1.807) is 0 Å². The number of rotatable bonds is 2. The molecule has 1 heteroatoms. The molecule has 0 rings (SSSR count). The van der Waals surface area contributed by atoms with E-state index < -0.39 is 0 Å². The average molecular weight is 114 g/mol. The summed E-state index contributed by atoms with van der Waals surface area (Å²) in [5, 5.41) is 0. The summed E-state index contributed by atoms with van der Waals surface area (Å²) in [5.41, 5.74) is 0.264. The highest BCUT2D eigenvalue weighted by atomic mass is 15.1. The predicted molar refractivity (Wildman–Crippen MR) is 37.7 cm³/mol. The monoisotopic (exact) mass is 114 g/mol. The maximum absolute atomic E-state index is 3.84.